The first-order chi connectivity index (χ1) is 8.99. The summed E-state index contributed by atoms with van der Waals surface area (Å²) in [5.41, 5.74) is 0. The maximum Gasteiger partial charge on any atom is 0.223 e. The summed E-state index contributed by atoms with van der Waals surface area (Å²) >= 11 is 0. The zero-order valence-electron chi connectivity index (χ0n) is 12.9. The lowest BCUT2D eigenvalue weighted by Gasteiger charge is -2.39. The molecule has 0 spiro atoms. The van der Waals surface area contributed by atoms with E-state index in [1.807, 2.05) is 0 Å². The van der Waals surface area contributed by atoms with Crippen molar-refractivity contribution < 1.29 is 4.79 Å². The summed E-state index contributed by atoms with van der Waals surface area (Å²) in [6, 6.07) is 0.395. The summed E-state index contributed by atoms with van der Waals surface area (Å²) in [5.74, 6) is 3.05. The van der Waals surface area contributed by atoms with Crippen LogP contribution >= 0.6 is 0 Å². The predicted octanol–water partition coefficient (Wildman–Crippen LogP) is 2.42. The number of nitrogens with one attached hydrogen (secondary N) is 2. The number of carbonyl (C=O) groups is 1. The summed E-state index contributed by atoms with van der Waals surface area (Å²) in [7, 11) is 0. The maximum atomic E-state index is 12.4. The Bertz CT molecular complexity index is 312. The Kier molecular flexibility index (Phi) is 4.88. The molecule has 1 amide bonds. The van der Waals surface area contributed by atoms with Gasteiger partial charge >= 0.3 is 0 Å². The first-order valence-electron chi connectivity index (χ1n) is 8.00. The van der Waals surface area contributed by atoms with Gasteiger partial charge in [0.2, 0.25) is 5.91 Å². The van der Waals surface area contributed by atoms with E-state index in [2.05, 4.69) is 38.3 Å². The fraction of sp³-hybridized carbons (Fsp3) is 0.938. The number of hydrogen-bond acceptors (Lipinski definition) is 2. The first kappa shape index (κ1) is 14.8. The van der Waals surface area contributed by atoms with Crippen molar-refractivity contribution in [2.45, 2.75) is 53.0 Å². The number of carbonyl (C=O) groups excluding carboxylic acids is 1. The fourth-order valence-electron chi connectivity index (χ4n) is 3.56. The van der Waals surface area contributed by atoms with E-state index in [4.69, 9.17) is 0 Å². The third-order valence-electron chi connectivity index (χ3n) is 5.28. The highest BCUT2D eigenvalue weighted by molar-refractivity contribution is 5.79. The molecule has 1 saturated heterocycles. The average Bonchev–Trinajstić information content (AvgIpc) is 2.26. The number of rotatable bonds is 4. The monoisotopic (exact) mass is 266 g/mol. The van der Waals surface area contributed by atoms with Crippen molar-refractivity contribution in [1.82, 2.24) is 10.6 Å². The van der Waals surface area contributed by atoms with Crippen LogP contribution in [0, 0.1) is 29.6 Å². The van der Waals surface area contributed by atoms with Crippen LogP contribution in [0.15, 0.2) is 0 Å². The van der Waals surface area contributed by atoms with Gasteiger partial charge in [0.25, 0.3) is 0 Å². The summed E-state index contributed by atoms with van der Waals surface area (Å²) in [6.45, 7) is 11.0. The normalized spacial score (nSPS) is 33.8. The van der Waals surface area contributed by atoms with Crippen molar-refractivity contribution in [2.24, 2.45) is 29.6 Å². The predicted molar refractivity (Wildman–Crippen MR) is 78.8 cm³/mol. The van der Waals surface area contributed by atoms with Crippen LogP contribution in [0.25, 0.3) is 0 Å². The van der Waals surface area contributed by atoms with Crippen LogP contribution < -0.4 is 10.6 Å². The smallest absolute Gasteiger partial charge is 0.223 e. The van der Waals surface area contributed by atoms with Crippen LogP contribution in [0.1, 0.15) is 47.0 Å². The highest BCUT2D eigenvalue weighted by Crippen LogP contribution is 2.33. The van der Waals surface area contributed by atoms with Crippen LogP contribution in [-0.2, 0) is 4.79 Å². The van der Waals surface area contributed by atoms with E-state index in [0.29, 0.717) is 23.8 Å². The lowest BCUT2D eigenvalue weighted by atomic mass is 9.73. The third kappa shape index (κ3) is 3.50. The Balaban J connectivity index is 1.92. The van der Waals surface area contributed by atoms with Gasteiger partial charge in [-0.15, -0.1) is 0 Å². The zero-order valence-corrected chi connectivity index (χ0v) is 12.9. The minimum Gasteiger partial charge on any atom is -0.353 e. The standard InChI is InChI=1S/C16H30N2O/c1-10(2)14-6-5-11(3)7-15(14)18-16(19)12(4)13-8-17-9-13/h10-15,17H,5-9H2,1-4H3,(H,18,19). The van der Waals surface area contributed by atoms with Gasteiger partial charge in [-0.25, -0.2) is 0 Å². The second-order valence-electron chi connectivity index (χ2n) is 7.15. The van der Waals surface area contributed by atoms with Crippen LogP contribution in [0.3, 0.4) is 0 Å². The average molecular weight is 266 g/mol. The van der Waals surface area contributed by atoms with Gasteiger partial charge in [-0.1, -0.05) is 34.1 Å². The first-order valence-corrected chi connectivity index (χ1v) is 8.00. The Morgan fingerprint density at radius 2 is 1.89 bits per heavy atom. The van der Waals surface area contributed by atoms with Crippen LogP contribution in [0.2, 0.25) is 0 Å². The Morgan fingerprint density at radius 3 is 2.42 bits per heavy atom. The molecule has 2 fully saturated rings. The Morgan fingerprint density at radius 1 is 1.21 bits per heavy atom. The molecule has 4 unspecified atom stereocenters. The molecule has 0 aromatic rings. The van der Waals surface area contributed by atoms with Gasteiger partial charge in [0.15, 0.2) is 0 Å². The van der Waals surface area contributed by atoms with Crippen molar-refractivity contribution in [3.8, 4) is 0 Å². The van der Waals surface area contributed by atoms with E-state index >= 15 is 0 Å². The van der Waals surface area contributed by atoms with E-state index in [-0.39, 0.29) is 11.8 Å². The SMILES string of the molecule is CC1CCC(C(C)C)C(NC(=O)C(C)C2CNC2)C1. The van der Waals surface area contributed by atoms with E-state index < -0.39 is 0 Å². The highest BCUT2D eigenvalue weighted by Gasteiger charge is 2.34. The van der Waals surface area contributed by atoms with E-state index in [0.717, 1.165) is 25.4 Å². The van der Waals surface area contributed by atoms with Gasteiger partial charge in [0.1, 0.15) is 0 Å². The van der Waals surface area contributed by atoms with Crippen molar-refractivity contribution in [1.29, 1.82) is 0 Å². The third-order valence-corrected chi connectivity index (χ3v) is 5.28. The van der Waals surface area contributed by atoms with E-state index in [1.54, 1.807) is 0 Å². The van der Waals surface area contributed by atoms with Crippen LogP contribution in [-0.4, -0.2) is 25.0 Å². The molecule has 4 atom stereocenters. The Labute approximate surface area is 117 Å². The van der Waals surface area contributed by atoms with Crippen molar-refractivity contribution in [2.75, 3.05) is 13.1 Å². The van der Waals surface area contributed by atoms with Crippen molar-refractivity contribution in [3.05, 3.63) is 0 Å². The molecule has 2 aliphatic rings. The number of amides is 1. The maximum absolute atomic E-state index is 12.4. The number of hydrogen-bond donors (Lipinski definition) is 2. The van der Waals surface area contributed by atoms with Crippen molar-refractivity contribution >= 4 is 5.91 Å². The summed E-state index contributed by atoms with van der Waals surface area (Å²) in [5, 5.41) is 6.62. The molecule has 2 N–H and O–H groups in total. The molecule has 1 heterocycles. The van der Waals surface area contributed by atoms with Gasteiger partial charge in [-0.05, 0) is 49.6 Å². The second kappa shape index (κ2) is 6.25. The molecule has 19 heavy (non-hydrogen) atoms. The molecule has 1 aliphatic carbocycles. The molecule has 3 heteroatoms. The van der Waals surface area contributed by atoms with Gasteiger partial charge in [-0.3, -0.25) is 4.79 Å². The topological polar surface area (TPSA) is 41.1 Å². The molecule has 1 saturated carbocycles. The molecule has 0 bridgehead atoms. The minimum absolute atomic E-state index is 0.159. The second-order valence-corrected chi connectivity index (χ2v) is 7.15. The lowest BCUT2D eigenvalue weighted by molar-refractivity contribution is -0.128. The lowest BCUT2D eigenvalue weighted by Crippen LogP contribution is -2.53. The molecular formula is C16H30N2O. The molecule has 0 aromatic heterocycles. The molecule has 0 radical (unpaired) electrons. The van der Waals surface area contributed by atoms with E-state index in [9.17, 15) is 4.79 Å². The van der Waals surface area contributed by atoms with Gasteiger partial charge in [-0.2, -0.15) is 0 Å². The van der Waals surface area contributed by atoms with Crippen molar-refractivity contribution in [3.63, 3.8) is 0 Å². The van der Waals surface area contributed by atoms with Gasteiger partial charge < -0.3 is 10.6 Å². The summed E-state index contributed by atoms with van der Waals surface area (Å²) in [6.07, 6.45) is 3.74. The molecule has 0 aromatic carbocycles. The molecular weight excluding hydrogens is 236 g/mol. The fourth-order valence-corrected chi connectivity index (χ4v) is 3.56. The Hall–Kier alpha value is -0.570. The highest BCUT2D eigenvalue weighted by atomic mass is 16.1. The van der Waals surface area contributed by atoms with Crippen LogP contribution in [0.4, 0.5) is 0 Å². The largest absolute Gasteiger partial charge is 0.353 e. The van der Waals surface area contributed by atoms with Crippen LogP contribution in [0.5, 0.6) is 0 Å². The molecule has 2 rings (SSSR count). The summed E-state index contributed by atoms with van der Waals surface area (Å²) < 4.78 is 0. The van der Waals surface area contributed by atoms with Gasteiger partial charge in [0, 0.05) is 12.0 Å². The quantitative estimate of drug-likeness (QED) is 0.820. The summed E-state index contributed by atoms with van der Waals surface area (Å²) in [4.78, 5) is 12.4. The molecule has 3 nitrogen and oxygen atoms in total. The minimum atomic E-state index is 0.159. The van der Waals surface area contributed by atoms with E-state index in [1.165, 1.54) is 12.8 Å². The molecule has 110 valence electrons. The molecule has 1 aliphatic heterocycles. The zero-order chi connectivity index (χ0) is 14.0. The van der Waals surface area contributed by atoms with Gasteiger partial charge in [0.05, 0.1) is 0 Å².